The number of hydrogen-bond donors (Lipinski definition) is 1. The Morgan fingerprint density at radius 1 is 0.455 bits per heavy atom. The van der Waals surface area contributed by atoms with Gasteiger partial charge in [-0.3, -0.25) is 14.2 Å². The summed E-state index contributed by atoms with van der Waals surface area (Å²) in [5.74, 6) is -0.549. The van der Waals surface area contributed by atoms with Gasteiger partial charge in [0.1, 0.15) is 19.3 Å². The van der Waals surface area contributed by atoms with E-state index in [-0.39, 0.29) is 24.9 Å². The Kier molecular flexibility index (Phi) is 55.7. The van der Waals surface area contributed by atoms with Crippen molar-refractivity contribution in [2.45, 2.75) is 328 Å². The molecule has 0 aromatic rings. The van der Waals surface area contributed by atoms with Crippen molar-refractivity contribution in [3.63, 3.8) is 0 Å². The number of hydrogen-bond acceptors (Lipinski definition) is 7. The smallest absolute Gasteiger partial charge is 0.306 e. The van der Waals surface area contributed by atoms with Crippen LogP contribution in [-0.4, -0.2) is 69.4 Å². The number of carbonyl (C=O) groups is 2. The molecule has 3 unspecified atom stereocenters. The predicted molar refractivity (Wildman–Crippen MR) is 330 cm³/mol. The summed E-state index contributed by atoms with van der Waals surface area (Å²) in [5, 5.41) is 3.02. The summed E-state index contributed by atoms with van der Waals surface area (Å²) in [6.45, 7) is 6.82. The summed E-state index contributed by atoms with van der Waals surface area (Å²) in [6.07, 6.45) is 71.0. The van der Waals surface area contributed by atoms with E-state index >= 15 is 0 Å². The first-order valence-corrected chi connectivity index (χ1v) is 34.4. The van der Waals surface area contributed by atoms with Gasteiger partial charge in [-0.05, 0) is 89.5 Å². The Morgan fingerprint density at radius 2 is 0.792 bits per heavy atom. The number of phosphoric ester groups is 1. The molecule has 0 aliphatic rings. The number of rotatable bonds is 60. The van der Waals surface area contributed by atoms with Crippen LogP contribution >= 0.6 is 7.82 Å². The van der Waals surface area contributed by atoms with Gasteiger partial charge in [0.05, 0.1) is 33.8 Å². The Balaban J connectivity index is 4.97. The summed E-state index contributed by atoms with van der Waals surface area (Å²) in [5.41, 5.74) is 0. The summed E-state index contributed by atoms with van der Waals surface area (Å²) in [6, 6.07) is -0.893. The number of amides is 1. The molecule has 1 amide bonds. The first kappa shape index (κ1) is 75.0. The minimum atomic E-state index is -4.70. The Labute approximate surface area is 478 Å². The van der Waals surface area contributed by atoms with Gasteiger partial charge in [0.25, 0.3) is 7.82 Å². The highest BCUT2D eigenvalue weighted by atomic mass is 31.2. The second-order valence-corrected chi connectivity index (χ2v) is 25.0. The molecule has 3 atom stereocenters. The average Bonchev–Trinajstić information content (AvgIpc) is 3.39. The molecule has 0 saturated carbocycles. The summed E-state index contributed by atoms with van der Waals surface area (Å²) >= 11 is 0. The summed E-state index contributed by atoms with van der Waals surface area (Å²) in [4.78, 5) is 39.9. The van der Waals surface area contributed by atoms with Gasteiger partial charge in [0.2, 0.25) is 5.91 Å². The van der Waals surface area contributed by atoms with E-state index in [1.807, 2.05) is 33.3 Å². The van der Waals surface area contributed by atoms with E-state index in [0.717, 1.165) is 77.0 Å². The summed E-state index contributed by atoms with van der Waals surface area (Å²) < 4.78 is 30.3. The first-order valence-electron chi connectivity index (χ1n) is 32.9. The molecule has 0 bridgehead atoms. The standard InChI is InChI=1S/C67H127N2O7P/c1-7-10-13-16-19-22-25-27-28-29-30-31-32-33-34-35-36-37-38-39-40-42-45-48-51-54-57-60-67(71)76-65(58-55-52-49-46-43-24-21-18-15-12-9-3)64(63-75-77(72,73)74-62-61-69(4,5)6)68-66(70)59-56-53-50-47-44-41-26-23-20-17-14-11-8-2/h19,22,27-28,41,44,55,58,64-65H,7-18,20-21,23-26,29-40,42-43,45-54,56-57,59-63H2,1-6H3,(H-,68,70,72,73)/b22-19-,28-27-,44-41-,58-55-. The highest BCUT2D eigenvalue weighted by molar-refractivity contribution is 7.45. The second-order valence-electron chi connectivity index (χ2n) is 23.6. The van der Waals surface area contributed by atoms with E-state index in [1.165, 1.54) is 205 Å². The minimum Gasteiger partial charge on any atom is -0.756 e. The highest BCUT2D eigenvalue weighted by Gasteiger charge is 2.27. The van der Waals surface area contributed by atoms with Crippen LogP contribution in [0.3, 0.4) is 0 Å². The van der Waals surface area contributed by atoms with E-state index < -0.39 is 26.6 Å². The van der Waals surface area contributed by atoms with Crippen LogP contribution in [0.5, 0.6) is 0 Å². The van der Waals surface area contributed by atoms with Crippen molar-refractivity contribution < 1.29 is 37.3 Å². The average molecular weight is 1100 g/mol. The number of likely N-dealkylation sites (N-methyl/N-ethyl adjacent to an activating group) is 1. The van der Waals surface area contributed by atoms with Gasteiger partial charge >= 0.3 is 5.97 Å². The number of quaternary nitrogens is 1. The van der Waals surface area contributed by atoms with Gasteiger partial charge in [-0.25, -0.2) is 0 Å². The number of allylic oxidation sites excluding steroid dienone is 7. The molecule has 9 nitrogen and oxygen atoms in total. The van der Waals surface area contributed by atoms with Gasteiger partial charge in [-0.1, -0.05) is 262 Å². The normalized spacial score (nSPS) is 13.9. The Bertz CT molecular complexity index is 1460. The molecular formula is C67H127N2O7P. The number of carbonyl (C=O) groups excluding carboxylic acids is 2. The number of unbranched alkanes of at least 4 members (excludes halogenated alkanes) is 38. The topological polar surface area (TPSA) is 114 Å². The maximum absolute atomic E-state index is 13.5. The van der Waals surface area contributed by atoms with E-state index in [2.05, 4.69) is 62.5 Å². The molecule has 10 heteroatoms. The van der Waals surface area contributed by atoms with Crippen LogP contribution in [0.15, 0.2) is 48.6 Å². The van der Waals surface area contributed by atoms with Gasteiger partial charge < -0.3 is 28.5 Å². The molecule has 0 aliphatic heterocycles. The lowest BCUT2D eigenvalue weighted by Gasteiger charge is -2.30. The third kappa shape index (κ3) is 58.4. The van der Waals surface area contributed by atoms with E-state index in [9.17, 15) is 19.0 Å². The SMILES string of the molecule is CCCCC/C=C\C/C=C\CCCCCCCCCCCCCCCCCCCC(=O)OC(/C=C\CCCCCCCCCCC)C(COP(=O)([O-])OCC[N+](C)(C)C)NC(=O)CCCCC/C=C\CCCCCCCC. The van der Waals surface area contributed by atoms with Gasteiger partial charge in [-0.2, -0.15) is 0 Å². The van der Waals surface area contributed by atoms with Crippen LogP contribution < -0.4 is 10.2 Å². The molecule has 452 valence electrons. The maximum Gasteiger partial charge on any atom is 0.306 e. The monoisotopic (exact) mass is 1100 g/mol. The van der Waals surface area contributed by atoms with E-state index in [4.69, 9.17) is 13.8 Å². The minimum absolute atomic E-state index is 0.0237. The Morgan fingerprint density at radius 3 is 1.22 bits per heavy atom. The third-order valence-electron chi connectivity index (χ3n) is 14.7. The number of nitrogens with zero attached hydrogens (tertiary/aromatic N) is 1. The molecule has 0 rings (SSSR count). The van der Waals surface area contributed by atoms with E-state index in [0.29, 0.717) is 17.4 Å². The van der Waals surface area contributed by atoms with Crippen LogP contribution in [0, 0.1) is 0 Å². The number of ether oxygens (including phenoxy) is 1. The zero-order chi connectivity index (χ0) is 56.4. The largest absolute Gasteiger partial charge is 0.756 e. The van der Waals surface area contributed by atoms with Crippen LogP contribution in [0.2, 0.25) is 0 Å². The molecule has 77 heavy (non-hydrogen) atoms. The van der Waals surface area contributed by atoms with Crippen LogP contribution in [0.25, 0.3) is 0 Å². The summed E-state index contributed by atoms with van der Waals surface area (Å²) in [7, 11) is 1.18. The zero-order valence-electron chi connectivity index (χ0n) is 51.7. The lowest BCUT2D eigenvalue weighted by Crippen LogP contribution is -2.47. The lowest BCUT2D eigenvalue weighted by molar-refractivity contribution is -0.870. The molecule has 0 fully saturated rings. The fourth-order valence-corrected chi connectivity index (χ4v) is 10.3. The van der Waals surface area contributed by atoms with Crippen molar-refractivity contribution in [1.82, 2.24) is 5.32 Å². The lowest BCUT2D eigenvalue weighted by atomic mass is 10.0. The molecule has 0 spiro atoms. The van der Waals surface area contributed by atoms with Crippen molar-refractivity contribution in [1.29, 1.82) is 0 Å². The van der Waals surface area contributed by atoms with Crippen molar-refractivity contribution >= 4 is 19.7 Å². The van der Waals surface area contributed by atoms with Gasteiger partial charge in [0.15, 0.2) is 0 Å². The molecule has 0 radical (unpaired) electrons. The van der Waals surface area contributed by atoms with E-state index in [1.54, 1.807) is 0 Å². The van der Waals surface area contributed by atoms with Crippen LogP contribution in [0.4, 0.5) is 0 Å². The zero-order valence-corrected chi connectivity index (χ0v) is 52.6. The maximum atomic E-state index is 13.5. The molecule has 0 saturated heterocycles. The van der Waals surface area contributed by atoms with Crippen LogP contribution in [0.1, 0.15) is 316 Å². The molecular weight excluding hydrogens is 976 g/mol. The van der Waals surface area contributed by atoms with Gasteiger partial charge in [-0.15, -0.1) is 0 Å². The number of nitrogens with one attached hydrogen (secondary N) is 1. The van der Waals surface area contributed by atoms with Crippen molar-refractivity contribution in [2.75, 3.05) is 40.9 Å². The molecule has 1 N–H and O–H groups in total. The number of esters is 1. The van der Waals surface area contributed by atoms with Crippen molar-refractivity contribution in [2.24, 2.45) is 0 Å². The van der Waals surface area contributed by atoms with Crippen LogP contribution in [-0.2, 0) is 27.9 Å². The quantitative estimate of drug-likeness (QED) is 0.0212. The first-order chi connectivity index (χ1) is 37.4. The molecule has 0 aromatic carbocycles. The number of phosphoric acid groups is 1. The Hall–Kier alpha value is -2.03. The molecule has 0 heterocycles. The highest BCUT2D eigenvalue weighted by Crippen LogP contribution is 2.38. The second kappa shape index (κ2) is 57.2. The molecule has 0 aliphatic carbocycles. The fraction of sp³-hybridized carbons (Fsp3) is 0.851. The third-order valence-corrected chi connectivity index (χ3v) is 15.7. The van der Waals surface area contributed by atoms with Crippen molar-refractivity contribution in [3.05, 3.63) is 48.6 Å². The fourth-order valence-electron chi connectivity index (χ4n) is 9.61. The van der Waals surface area contributed by atoms with Crippen molar-refractivity contribution in [3.8, 4) is 0 Å². The predicted octanol–water partition coefficient (Wildman–Crippen LogP) is 19.8. The van der Waals surface area contributed by atoms with Gasteiger partial charge in [0, 0.05) is 12.8 Å². The molecule has 0 aromatic heterocycles.